The Hall–Kier alpha value is -1.89. The third kappa shape index (κ3) is 3.80. The highest BCUT2D eigenvalue weighted by Gasteiger charge is 2.05. The summed E-state index contributed by atoms with van der Waals surface area (Å²) in [5.41, 5.74) is 1.72. The van der Waals surface area contributed by atoms with Crippen LogP contribution in [0.2, 0.25) is 10.0 Å². The van der Waals surface area contributed by atoms with E-state index in [0.717, 1.165) is 5.56 Å². The quantitative estimate of drug-likeness (QED) is 0.884. The molecule has 0 bridgehead atoms. The van der Waals surface area contributed by atoms with E-state index in [-0.39, 0.29) is 6.61 Å². The van der Waals surface area contributed by atoms with Crippen LogP contribution >= 0.6 is 23.2 Å². The SMILES string of the molecule is N#CCOc1cccc(CNc2c(Cl)cccc2Cl)c1. The van der Waals surface area contributed by atoms with Gasteiger partial charge in [0, 0.05) is 6.54 Å². The first-order valence-corrected chi connectivity index (χ1v) is 6.73. The van der Waals surface area contributed by atoms with E-state index in [1.165, 1.54) is 0 Å². The number of hydrogen-bond donors (Lipinski definition) is 1. The number of nitriles is 1. The number of rotatable bonds is 5. The molecule has 0 heterocycles. The van der Waals surface area contributed by atoms with Gasteiger partial charge in [0.1, 0.15) is 11.8 Å². The first-order valence-electron chi connectivity index (χ1n) is 5.97. The van der Waals surface area contributed by atoms with Crippen LogP contribution in [0.3, 0.4) is 0 Å². The lowest BCUT2D eigenvalue weighted by Crippen LogP contribution is -2.01. The van der Waals surface area contributed by atoms with Gasteiger partial charge < -0.3 is 10.1 Å². The molecule has 5 heteroatoms. The van der Waals surface area contributed by atoms with Gasteiger partial charge in [-0.3, -0.25) is 0 Å². The van der Waals surface area contributed by atoms with Gasteiger partial charge in [-0.15, -0.1) is 0 Å². The normalized spacial score (nSPS) is 9.85. The van der Waals surface area contributed by atoms with Crippen LogP contribution in [0.25, 0.3) is 0 Å². The zero-order chi connectivity index (χ0) is 14.4. The molecule has 0 aromatic heterocycles. The number of nitrogens with one attached hydrogen (secondary N) is 1. The topological polar surface area (TPSA) is 45.0 Å². The minimum Gasteiger partial charge on any atom is -0.479 e. The molecule has 0 unspecified atom stereocenters. The average molecular weight is 307 g/mol. The predicted octanol–water partition coefficient (Wildman–Crippen LogP) is 4.51. The van der Waals surface area contributed by atoms with E-state index < -0.39 is 0 Å². The second kappa shape index (κ2) is 7.04. The van der Waals surface area contributed by atoms with E-state index in [0.29, 0.717) is 28.0 Å². The molecule has 0 aliphatic heterocycles. The lowest BCUT2D eigenvalue weighted by molar-refractivity contribution is 0.368. The zero-order valence-electron chi connectivity index (χ0n) is 10.6. The first kappa shape index (κ1) is 14.5. The molecule has 20 heavy (non-hydrogen) atoms. The van der Waals surface area contributed by atoms with E-state index in [2.05, 4.69) is 5.32 Å². The van der Waals surface area contributed by atoms with Crippen LogP contribution in [-0.2, 0) is 6.54 Å². The number of anilines is 1. The molecular formula is C15H12Cl2N2O. The maximum Gasteiger partial charge on any atom is 0.174 e. The van der Waals surface area contributed by atoms with Gasteiger partial charge in [0.05, 0.1) is 15.7 Å². The molecule has 0 saturated carbocycles. The molecule has 1 N–H and O–H groups in total. The largest absolute Gasteiger partial charge is 0.479 e. The molecule has 0 amide bonds. The van der Waals surface area contributed by atoms with Gasteiger partial charge in [-0.1, -0.05) is 41.4 Å². The number of hydrogen-bond acceptors (Lipinski definition) is 3. The Kier molecular flexibility index (Phi) is 5.11. The fourth-order valence-corrected chi connectivity index (χ4v) is 2.25. The van der Waals surface area contributed by atoms with Crippen molar-refractivity contribution in [2.45, 2.75) is 6.54 Å². The summed E-state index contributed by atoms with van der Waals surface area (Å²) in [5, 5.41) is 12.8. The van der Waals surface area contributed by atoms with Crippen molar-refractivity contribution in [3.05, 3.63) is 58.1 Å². The molecule has 2 rings (SSSR count). The Morgan fingerprint density at radius 2 is 1.80 bits per heavy atom. The average Bonchev–Trinajstić information content (AvgIpc) is 2.45. The maximum atomic E-state index is 8.49. The second-order valence-electron chi connectivity index (χ2n) is 4.04. The van der Waals surface area contributed by atoms with Crippen molar-refractivity contribution in [1.82, 2.24) is 0 Å². The molecule has 2 aromatic carbocycles. The van der Waals surface area contributed by atoms with Crippen LogP contribution in [0.15, 0.2) is 42.5 Å². The summed E-state index contributed by atoms with van der Waals surface area (Å²) in [5.74, 6) is 0.663. The van der Waals surface area contributed by atoms with Crippen molar-refractivity contribution in [3.63, 3.8) is 0 Å². The molecule has 0 spiro atoms. The van der Waals surface area contributed by atoms with Gasteiger partial charge in [-0.05, 0) is 29.8 Å². The number of para-hydroxylation sites is 1. The second-order valence-corrected chi connectivity index (χ2v) is 4.86. The van der Waals surface area contributed by atoms with Crippen LogP contribution in [0, 0.1) is 11.3 Å². The molecule has 0 saturated heterocycles. The highest BCUT2D eigenvalue weighted by Crippen LogP contribution is 2.30. The van der Waals surface area contributed by atoms with E-state index in [4.69, 9.17) is 33.2 Å². The summed E-state index contributed by atoms with van der Waals surface area (Å²) in [6.45, 7) is 0.598. The van der Waals surface area contributed by atoms with Gasteiger partial charge in [0.15, 0.2) is 6.61 Å². The van der Waals surface area contributed by atoms with Crippen LogP contribution in [0.4, 0.5) is 5.69 Å². The van der Waals surface area contributed by atoms with Gasteiger partial charge in [0.25, 0.3) is 0 Å². The Labute approximate surface area is 127 Å². The van der Waals surface area contributed by atoms with Crippen molar-refractivity contribution < 1.29 is 4.74 Å². The molecule has 0 fully saturated rings. The molecule has 0 aliphatic carbocycles. The summed E-state index contributed by atoms with van der Waals surface area (Å²) in [4.78, 5) is 0. The maximum absolute atomic E-state index is 8.49. The predicted molar refractivity (Wildman–Crippen MR) is 81.3 cm³/mol. The van der Waals surface area contributed by atoms with Gasteiger partial charge in [0.2, 0.25) is 0 Å². The van der Waals surface area contributed by atoms with Crippen LogP contribution in [-0.4, -0.2) is 6.61 Å². The van der Waals surface area contributed by atoms with Gasteiger partial charge >= 0.3 is 0 Å². The summed E-state index contributed by atoms with van der Waals surface area (Å²) in [7, 11) is 0. The molecule has 3 nitrogen and oxygen atoms in total. The number of ether oxygens (including phenoxy) is 1. The lowest BCUT2D eigenvalue weighted by Gasteiger charge is -2.11. The number of halogens is 2. The monoisotopic (exact) mass is 306 g/mol. The summed E-state index contributed by atoms with van der Waals surface area (Å²) in [6.07, 6.45) is 0. The number of nitrogens with zero attached hydrogens (tertiary/aromatic N) is 1. The van der Waals surface area contributed by atoms with Crippen LogP contribution in [0.1, 0.15) is 5.56 Å². The van der Waals surface area contributed by atoms with Crippen molar-refractivity contribution >= 4 is 28.9 Å². The first-order chi connectivity index (χ1) is 9.70. The molecule has 0 atom stereocenters. The molecule has 0 aliphatic rings. The third-order valence-corrected chi connectivity index (χ3v) is 3.26. The van der Waals surface area contributed by atoms with Crippen molar-refractivity contribution in [3.8, 4) is 11.8 Å². The van der Waals surface area contributed by atoms with E-state index in [1.54, 1.807) is 18.2 Å². The van der Waals surface area contributed by atoms with Crippen LogP contribution in [0.5, 0.6) is 5.75 Å². The van der Waals surface area contributed by atoms with Crippen molar-refractivity contribution in [1.29, 1.82) is 5.26 Å². The molecule has 0 radical (unpaired) electrons. The van der Waals surface area contributed by atoms with E-state index in [9.17, 15) is 0 Å². The fourth-order valence-electron chi connectivity index (χ4n) is 1.72. The fraction of sp³-hybridized carbons (Fsp3) is 0.133. The Morgan fingerprint density at radius 3 is 2.50 bits per heavy atom. The Bertz CT molecular complexity index is 618. The Morgan fingerprint density at radius 1 is 1.10 bits per heavy atom. The lowest BCUT2D eigenvalue weighted by atomic mass is 10.2. The summed E-state index contributed by atoms with van der Waals surface area (Å²) < 4.78 is 5.25. The smallest absolute Gasteiger partial charge is 0.174 e. The van der Waals surface area contributed by atoms with Gasteiger partial charge in [-0.25, -0.2) is 0 Å². The van der Waals surface area contributed by atoms with Crippen LogP contribution < -0.4 is 10.1 Å². The molecule has 102 valence electrons. The molecule has 2 aromatic rings. The van der Waals surface area contributed by atoms with E-state index >= 15 is 0 Å². The zero-order valence-corrected chi connectivity index (χ0v) is 12.1. The van der Waals surface area contributed by atoms with E-state index in [1.807, 2.05) is 30.3 Å². The minimum atomic E-state index is 0.0349. The Balaban J connectivity index is 2.06. The highest BCUT2D eigenvalue weighted by atomic mass is 35.5. The molecular weight excluding hydrogens is 295 g/mol. The van der Waals surface area contributed by atoms with Crippen molar-refractivity contribution in [2.24, 2.45) is 0 Å². The summed E-state index contributed by atoms with van der Waals surface area (Å²) in [6, 6.07) is 14.8. The standard InChI is InChI=1S/C15H12Cl2N2O/c16-13-5-2-6-14(17)15(13)19-10-11-3-1-4-12(9-11)20-8-7-18/h1-6,9,19H,8,10H2. The number of benzene rings is 2. The van der Waals surface area contributed by atoms with Gasteiger partial charge in [-0.2, -0.15) is 5.26 Å². The third-order valence-electron chi connectivity index (χ3n) is 2.63. The summed E-state index contributed by atoms with van der Waals surface area (Å²) >= 11 is 12.2. The minimum absolute atomic E-state index is 0.0349. The van der Waals surface area contributed by atoms with Crippen molar-refractivity contribution in [2.75, 3.05) is 11.9 Å². The highest BCUT2D eigenvalue weighted by molar-refractivity contribution is 6.39.